The maximum atomic E-state index is 13.3. The highest BCUT2D eigenvalue weighted by atomic mass is 32.2. The van der Waals surface area contributed by atoms with Crippen molar-refractivity contribution in [3.63, 3.8) is 0 Å². The van der Waals surface area contributed by atoms with E-state index in [0.29, 0.717) is 27.9 Å². The molecule has 12 nitrogen and oxygen atoms in total. The van der Waals surface area contributed by atoms with Gasteiger partial charge in [-0.15, -0.1) is 0 Å². The molecule has 5 aromatic rings. The number of alkyl halides is 2. The van der Waals surface area contributed by atoms with E-state index in [0.717, 1.165) is 8.65 Å². The van der Waals surface area contributed by atoms with Crippen LogP contribution in [0.3, 0.4) is 0 Å². The van der Waals surface area contributed by atoms with E-state index in [-0.39, 0.29) is 36.4 Å². The number of nitrogens with zero attached hydrogens (tertiary/aromatic N) is 6. The minimum atomic E-state index is -3.90. The zero-order valence-electron chi connectivity index (χ0n) is 24.6. The van der Waals surface area contributed by atoms with Crippen LogP contribution in [-0.2, 0) is 30.8 Å². The van der Waals surface area contributed by atoms with Crippen LogP contribution >= 0.6 is 0 Å². The van der Waals surface area contributed by atoms with Crippen LogP contribution in [0.25, 0.3) is 33.5 Å². The van der Waals surface area contributed by atoms with E-state index in [1.165, 1.54) is 36.9 Å². The standard InChI is InChI=1S/C30H30F2N6O6S/c1-30(2,3)44-26(39)19-42-13-14-43-29-33-11-9-24(35-29)23-17-37(18-25(31)32)36-27(23)21-15-20-10-12-38(28(20)34-16-21)45(40,41)22-7-5-4-6-8-22/h4-12,15-17,25H,13-14,18-19H2,1-3H3. The van der Waals surface area contributed by atoms with Crippen LogP contribution < -0.4 is 4.74 Å². The van der Waals surface area contributed by atoms with Gasteiger partial charge in [-0.2, -0.15) is 10.1 Å². The normalized spacial score (nSPS) is 12.1. The van der Waals surface area contributed by atoms with Crippen molar-refractivity contribution < 1.29 is 36.2 Å². The summed E-state index contributed by atoms with van der Waals surface area (Å²) in [5.41, 5.74) is 1.08. The fourth-order valence-electron chi connectivity index (χ4n) is 4.37. The Morgan fingerprint density at radius 3 is 2.56 bits per heavy atom. The first-order valence-corrected chi connectivity index (χ1v) is 15.2. The molecule has 0 spiro atoms. The average Bonchev–Trinajstić information content (AvgIpc) is 3.61. The molecule has 0 aliphatic carbocycles. The third-order valence-electron chi connectivity index (χ3n) is 6.16. The molecule has 236 valence electrons. The summed E-state index contributed by atoms with van der Waals surface area (Å²) in [6.45, 7) is 4.47. The largest absolute Gasteiger partial charge is 0.461 e. The van der Waals surface area contributed by atoms with E-state index in [1.807, 2.05) is 0 Å². The predicted molar refractivity (Wildman–Crippen MR) is 159 cm³/mol. The van der Waals surface area contributed by atoms with Crippen molar-refractivity contribution in [1.82, 2.24) is 28.7 Å². The summed E-state index contributed by atoms with van der Waals surface area (Å²) >= 11 is 0. The maximum Gasteiger partial charge on any atom is 0.332 e. The Hall–Kier alpha value is -4.76. The van der Waals surface area contributed by atoms with Gasteiger partial charge in [-0.05, 0) is 51.1 Å². The number of hydrogen-bond acceptors (Lipinski definition) is 10. The van der Waals surface area contributed by atoms with Gasteiger partial charge in [-0.25, -0.2) is 35.9 Å². The predicted octanol–water partition coefficient (Wildman–Crippen LogP) is 4.60. The molecule has 0 aliphatic heterocycles. The molecule has 0 fully saturated rings. The minimum absolute atomic E-state index is 0.00213. The highest BCUT2D eigenvalue weighted by Gasteiger charge is 2.22. The lowest BCUT2D eigenvalue weighted by molar-refractivity contribution is -0.160. The Labute approximate surface area is 257 Å². The molecule has 0 saturated carbocycles. The van der Waals surface area contributed by atoms with E-state index in [4.69, 9.17) is 14.2 Å². The number of esters is 1. The number of benzene rings is 1. The maximum absolute atomic E-state index is 13.3. The van der Waals surface area contributed by atoms with Crippen LogP contribution in [0.5, 0.6) is 6.01 Å². The van der Waals surface area contributed by atoms with Crippen molar-refractivity contribution in [2.24, 2.45) is 0 Å². The molecule has 0 saturated heterocycles. The molecule has 0 aliphatic rings. The topological polar surface area (TPSA) is 140 Å². The van der Waals surface area contributed by atoms with Crippen LogP contribution in [0.15, 0.2) is 78.2 Å². The highest BCUT2D eigenvalue weighted by Crippen LogP contribution is 2.32. The molecule has 4 heterocycles. The van der Waals surface area contributed by atoms with Crippen LogP contribution in [-0.4, -0.2) is 74.9 Å². The number of halogens is 2. The summed E-state index contributed by atoms with van der Waals surface area (Å²) < 4.78 is 71.3. The molecular formula is C30H30F2N6O6S. The lowest BCUT2D eigenvalue weighted by Crippen LogP contribution is -2.27. The first kappa shape index (κ1) is 31.7. The Balaban J connectivity index is 1.38. The highest BCUT2D eigenvalue weighted by molar-refractivity contribution is 7.90. The summed E-state index contributed by atoms with van der Waals surface area (Å²) in [6, 6.07) is 12.8. The van der Waals surface area contributed by atoms with Gasteiger partial charge in [0, 0.05) is 41.3 Å². The lowest BCUT2D eigenvalue weighted by Gasteiger charge is -2.19. The molecule has 15 heteroatoms. The molecular weight excluding hydrogens is 610 g/mol. The number of fused-ring (bicyclic) bond motifs is 1. The molecule has 4 aromatic heterocycles. The van der Waals surface area contributed by atoms with Crippen molar-refractivity contribution in [3.8, 4) is 28.5 Å². The third kappa shape index (κ3) is 7.67. The molecule has 0 atom stereocenters. The Morgan fingerprint density at radius 2 is 1.82 bits per heavy atom. The SMILES string of the molecule is CC(C)(C)OC(=O)COCCOc1nccc(-c2cn(CC(F)F)nc2-c2cnc3c(ccn3S(=O)(=O)c3ccccc3)c2)n1. The second-order valence-electron chi connectivity index (χ2n) is 10.8. The molecule has 1 aromatic carbocycles. The third-order valence-corrected chi connectivity index (χ3v) is 7.84. The van der Waals surface area contributed by atoms with Crippen LogP contribution in [0.4, 0.5) is 8.78 Å². The number of rotatable bonds is 12. The van der Waals surface area contributed by atoms with Gasteiger partial charge in [0.05, 0.1) is 17.2 Å². The smallest absolute Gasteiger partial charge is 0.332 e. The van der Waals surface area contributed by atoms with E-state index in [2.05, 4.69) is 20.1 Å². The van der Waals surface area contributed by atoms with Gasteiger partial charge in [0.25, 0.3) is 16.4 Å². The Bertz CT molecular complexity index is 1910. The fraction of sp³-hybridized carbons (Fsp3) is 0.300. The molecule has 0 N–H and O–H groups in total. The number of pyridine rings is 1. The van der Waals surface area contributed by atoms with Gasteiger partial charge in [-0.1, -0.05) is 18.2 Å². The first-order chi connectivity index (χ1) is 21.4. The van der Waals surface area contributed by atoms with Gasteiger partial charge >= 0.3 is 12.0 Å². The van der Waals surface area contributed by atoms with Crippen LogP contribution in [0, 0.1) is 0 Å². The molecule has 45 heavy (non-hydrogen) atoms. The van der Waals surface area contributed by atoms with Crippen molar-refractivity contribution >= 4 is 27.0 Å². The molecule has 5 rings (SSSR count). The van der Waals surface area contributed by atoms with Gasteiger partial charge in [0.1, 0.15) is 31.1 Å². The molecule has 0 bridgehead atoms. The number of carbonyl (C=O) groups excluding carboxylic acids is 1. The van der Waals surface area contributed by atoms with Crippen LogP contribution in [0.1, 0.15) is 20.8 Å². The summed E-state index contributed by atoms with van der Waals surface area (Å²) in [5.74, 6) is -0.504. The number of aromatic nitrogens is 6. The first-order valence-electron chi connectivity index (χ1n) is 13.8. The summed E-state index contributed by atoms with van der Waals surface area (Å²) in [4.78, 5) is 24.8. The zero-order chi connectivity index (χ0) is 32.2. The fourth-order valence-corrected chi connectivity index (χ4v) is 5.69. The summed E-state index contributed by atoms with van der Waals surface area (Å²) in [5, 5.41) is 4.87. The average molecular weight is 641 g/mol. The van der Waals surface area contributed by atoms with E-state index in [1.54, 1.807) is 57.2 Å². The van der Waals surface area contributed by atoms with Gasteiger partial charge in [-0.3, -0.25) is 4.68 Å². The molecule has 0 unspecified atom stereocenters. The van der Waals surface area contributed by atoms with Crippen LogP contribution in [0.2, 0.25) is 0 Å². The van der Waals surface area contributed by atoms with Gasteiger partial charge in [0.2, 0.25) is 0 Å². The lowest BCUT2D eigenvalue weighted by atomic mass is 10.1. The molecule has 0 radical (unpaired) electrons. The Kier molecular flexibility index (Phi) is 9.20. The van der Waals surface area contributed by atoms with Crippen molar-refractivity contribution in [3.05, 3.63) is 73.3 Å². The number of ether oxygens (including phenoxy) is 3. The second kappa shape index (κ2) is 13.1. The quantitative estimate of drug-likeness (QED) is 0.140. The van der Waals surface area contributed by atoms with E-state index < -0.39 is 34.6 Å². The Morgan fingerprint density at radius 1 is 1.04 bits per heavy atom. The van der Waals surface area contributed by atoms with Crippen molar-refractivity contribution in [1.29, 1.82) is 0 Å². The van der Waals surface area contributed by atoms with Crippen molar-refractivity contribution in [2.75, 3.05) is 19.8 Å². The summed E-state index contributed by atoms with van der Waals surface area (Å²) in [6.07, 6.45) is 3.06. The van der Waals surface area contributed by atoms with Gasteiger partial charge < -0.3 is 14.2 Å². The summed E-state index contributed by atoms with van der Waals surface area (Å²) in [7, 11) is -3.90. The number of hydrogen-bond donors (Lipinski definition) is 0. The minimum Gasteiger partial charge on any atom is -0.461 e. The molecule has 0 amide bonds. The number of carbonyl (C=O) groups is 1. The van der Waals surface area contributed by atoms with E-state index >= 15 is 0 Å². The zero-order valence-corrected chi connectivity index (χ0v) is 25.4. The monoisotopic (exact) mass is 640 g/mol. The van der Waals surface area contributed by atoms with Crippen molar-refractivity contribution in [2.45, 2.75) is 44.2 Å². The van der Waals surface area contributed by atoms with E-state index in [9.17, 15) is 22.0 Å². The second-order valence-corrected chi connectivity index (χ2v) is 12.6. The van der Waals surface area contributed by atoms with Gasteiger partial charge in [0.15, 0.2) is 5.65 Å².